The molecule has 0 saturated carbocycles. The first kappa shape index (κ1) is 13.3. The fraction of sp³-hybridized carbons (Fsp3) is 0. The molecule has 0 fully saturated rings. The number of H-pyrrole nitrogens is 1. The second-order valence-corrected chi connectivity index (χ2v) is 5.09. The smallest absolute Gasteiger partial charge is 0.248 e. The van der Waals surface area contributed by atoms with Gasteiger partial charge >= 0.3 is 0 Å². The van der Waals surface area contributed by atoms with Crippen LogP contribution in [0.25, 0.3) is 33.5 Å². The van der Waals surface area contributed by atoms with Gasteiger partial charge in [-0.05, 0) is 35.7 Å². The maximum absolute atomic E-state index is 11.4. The van der Waals surface area contributed by atoms with E-state index in [1.165, 1.54) is 6.07 Å². The maximum atomic E-state index is 11.4. The topological polar surface area (TPSA) is 71.5 Å². The Labute approximate surface area is 131 Å². The van der Waals surface area contributed by atoms with Crippen LogP contribution in [0.1, 0.15) is 0 Å². The Kier molecular flexibility index (Phi) is 3.16. The third kappa shape index (κ3) is 2.48. The summed E-state index contributed by atoms with van der Waals surface area (Å²) < 4.78 is 0. The molecule has 110 valence electrons. The number of rotatable bonds is 2. The minimum atomic E-state index is -0.112. The first-order valence-electron chi connectivity index (χ1n) is 7.17. The Balaban J connectivity index is 1.91. The van der Waals surface area contributed by atoms with E-state index >= 15 is 0 Å². The summed E-state index contributed by atoms with van der Waals surface area (Å²) in [5.74, 6) is 0. The predicted octanol–water partition coefficient (Wildman–Crippen LogP) is 3.05. The number of aromatic amines is 1. The van der Waals surface area contributed by atoms with Crippen molar-refractivity contribution in [2.45, 2.75) is 0 Å². The van der Waals surface area contributed by atoms with Crippen LogP contribution in [0.5, 0.6) is 0 Å². The van der Waals surface area contributed by atoms with Gasteiger partial charge in [0.15, 0.2) is 0 Å². The summed E-state index contributed by atoms with van der Waals surface area (Å²) >= 11 is 0. The van der Waals surface area contributed by atoms with Crippen LogP contribution in [0.3, 0.4) is 0 Å². The lowest BCUT2D eigenvalue weighted by atomic mass is 10.0. The van der Waals surface area contributed by atoms with Gasteiger partial charge in [-0.1, -0.05) is 12.1 Å². The Morgan fingerprint density at radius 3 is 2.48 bits per heavy atom. The van der Waals surface area contributed by atoms with Crippen molar-refractivity contribution in [2.75, 3.05) is 0 Å². The molecule has 4 rings (SSSR count). The summed E-state index contributed by atoms with van der Waals surface area (Å²) in [5.41, 5.74) is 3.88. The van der Waals surface area contributed by atoms with Crippen LogP contribution in [-0.2, 0) is 0 Å². The fourth-order valence-corrected chi connectivity index (χ4v) is 2.54. The third-order valence-corrected chi connectivity index (χ3v) is 3.60. The number of benzene rings is 1. The number of fused-ring (bicyclic) bond motifs is 1. The molecule has 0 bridgehead atoms. The molecule has 5 nitrogen and oxygen atoms in total. The van der Waals surface area contributed by atoms with E-state index in [4.69, 9.17) is 0 Å². The van der Waals surface area contributed by atoms with Crippen molar-refractivity contribution in [2.24, 2.45) is 0 Å². The highest BCUT2D eigenvalue weighted by Gasteiger charge is 2.11. The molecule has 0 radical (unpaired) electrons. The van der Waals surface area contributed by atoms with E-state index in [9.17, 15) is 4.79 Å². The molecular formula is C18H12N4O. The first-order chi connectivity index (χ1) is 11.3. The highest BCUT2D eigenvalue weighted by Crippen LogP contribution is 2.28. The fourth-order valence-electron chi connectivity index (χ4n) is 2.54. The van der Waals surface area contributed by atoms with E-state index in [0.717, 1.165) is 33.5 Å². The lowest BCUT2D eigenvalue weighted by Gasteiger charge is -2.08. The average molecular weight is 300 g/mol. The van der Waals surface area contributed by atoms with Gasteiger partial charge in [0.2, 0.25) is 5.56 Å². The molecule has 0 aliphatic carbocycles. The second-order valence-electron chi connectivity index (χ2n) is 5.09. The molecule has 23 heavy (non-hydrogen) atoms. The summed E-state index contributed by atoms with van der Waals surface area (Å²) in [7, 11) is 0. The molecule has 5 heteroatoms. The van der Waals surface area contributed by atoms with Crippen molar-refractivity contribution in [1.29, 1.82) is 0 Å². The third-order valence-electron chi connectivity index (χ3n) is 3.60. The van der Waals surface area contributed by atoms with Crippen LogP contribution in [0, 0.1) is 0 Å². The van der Waals surface area contributed by atoms with E-state index in [1.54, 1.807) is 24.7 Å². The van der Waals surface area contributed by atoms with Crippen molar-refractivity contribution in [3.05, 3.63) is 77.5 Å². The number of pyridine rings is 2. The standard InChI is InChI=1S/C18H12N4O/c23-16-7-5-12-11-13(4-6-14(12)22-16)17-18(21-10-9-20-17)15-3-1-2-8-19-15/h1-11H,(H,22,23). The molecule has 0 amide bonds. The van der Waals surface area contributed by atoms with Gasteiger partial charge in [0, 0.05) is 35.7 Å². The van der Waals surface area contributed by atoms with Crippen molar-refractivity contribution < 1.29 is 0 Å². The Morgan fingerprint density at radius 2 is 1.65 bits per heavy atom. The summed E-state index contributed by atoms with van der Waals surface area (Å²) in [6, 6.07) is 14.8. The minimum Gasteiger partial charge on any atom is -0.322 e. The minimum absolute atomic E-state index is 0.112. The van der Waals surface area contributed by atoms with Gasteiger partial charge in [0.25, 0.3) is 0 Å². The van der Waals surface area contributed by atoms with E-state index < -0.39 is 0 Å². The lowest BCUT2D eigenvalue weighted by Crippen LogP contribution is -2.02. The zero-order valence-corrected chi connectivity index (χ0v) is 12.1. The number of aromatic nitrogens is 4. The Bertz CT molecular complexity index is 1040. The average Bonchev–Trinajstić information content (AvgIpc) is 2.62. The van der Waals surface area contributed by atoms with Crippen LogP contribution in [0.2, 0.25) is 0 Å². The molecule has 1 N–H and O–H groups in total. The molecule has 4 aromatic rings. The molecule has 1 aromatic carbocycles. The zero-order valence-electron chi connectivity index (χ0n) is 12.1. The highest BCUT2D eigenvalue weighted by molar-refractivity contribution is 5.86. The van der Waals surface area contributed by atoms with E-state index in [0.29, 0.717) is 0 Å². The van der Waals surface area contributed by atoms with Gasteiger partial charge in [-0.3, -0.25) is 19.7 Å². The number of nitrogens with one attached hydrogen (secondary N) is 1. The molecule has 0 saturated heterocycles. The molecule has 0 aliphatic rings. The van der Waals surface area contributed by atoms with Crippen LogP contribution in [0.4, 0.5) is 0 Å². The van der Waals surface area contributed by atoms with Crippen molar-refractivity contribution in [1.82, 2.24) is 19.9 Å². The summed E-state index contributed by atoms with van der Waals surface area (Å²) in [4.78, 5) is 27.5. The first-order valence-corrected chi connectivity index (χ1v) is 7.17. The van der Waals surface area contributed by atoms with E-state index in [-0.39, 0.29) is 5.56 Å². The van der Waals surface area contributed by atoms with Crippen LogP contribution < -0.4 is 5.56 Å². The molecule has 3 heterocycles. The predicted molar refractivity (Wildman–Crippen MR) is 88.8 cm³/mol. The van der Waals surface area contributed by atoms with Crippen molar-refractivity contribution in [3.63, 3.8) is 0 Å². The summed E-state index contributed by atoms with van der Waals surface area (Å²) in [6.07, 6.45) is 5.06. The van der Waals surface area contributed by atoms with Crippen molar-refractivity contribution >= 4 is 10.9 Å². The molecule has 0 unspecified atom stereocenters. The monoisotopic (exact) mass is 300 g/mol. The Hall–Kier alpha value is -3.34. The molecule has 3 aromatic heterocycles. The number of nitrogens with zero attached hydrogens (tertiary/aromatic N) is 3. The second kappa shape index (κ2) is 5.46. The van der Waals surface area contributed by atoms with Gasteiger partial charge < -0.3 is 4.98 Å². The summed E-state index contributed by atoms with van der Waals surface area (Å²) in [5, 5.41) is 0.944. The molecule has 0 atom stereocenters. The van der Waals surface area contributed by atoms with Gasteiger partial charge in [-0.25, -0.2) is 0 Å². The largest absolute Gasteiger partial charge is 0.322 e. The normalized spacial score (nSPS) is 10.8. The van der Waals surface area contributed by atoms with Crippen LogP contribution in [0.15, 0.2) is 71.9 Å². The van der Waals surface area contributed by atoms with Gasteiger partial charge in [-0.15, -0.1) is 0 Å². The maximum Gasteiger partial charge on any atom is 0.248 e. The van der Waals surface area contributed by atoms with Gasteiger partial charge in [0.05, 0.1) is 11.4 Å². The number of hydrogen-bond acceptors (Lipinski definition) is 4. The van der Waals surface area contributed by atoms with E-state index in [1.807, 2.05) is 36.4 Å². The van der Waals surface area contributed by atoms with Crippen LogP contribution in [-0.4, -0.2) is 19.9 Å². The van der Waals surface area contributed by atoms with Crippen molar-refractivity contribution in [3.8, 4) is 22.6 Å². The molecule has 0 aliphatic heterocycles. The number of hydrogen-bond donors (Lipinski definition) is 1. The Morgan fingerprint density at radius 1 is 0.783 bits per heavy atom. The van der Waals surface area contributed by atoms with E-state index in [2.05, 4.69) is 19.9 Å². The van der Waals surface area contributed by atoms with Gasteiger partial charge in [-0.2, -0.15) is 0 Å². The zero-order chi connectivity index (χ0) is 15.6. The van der Waals surface area contributed by atoms with Gasteiger partial charge in [0.1, 0.15) is 5.69 Å². The summed E-state index contributed by atoms with van der Waals surface area (Å²) in [6.45, 7) is 0. The SMILES string of the molecule is O=c1ccc2cc(-c3nccnc3-c3ccccn3)ccc2[nH]1. The lowest BCUT2D eigenvalue weighted by molar-refractivity contribution is 1.18. The van der Waals surface area contributed by atoms with Crippen LogP contribution >= 0.6 is 0 Å². The molecule has 0 spiro atoms. The molecular weight excluding hydrogens is 288 g/mol. The highest BCUT2D eigenvalue weighted by atomic mass is 16.1. The quantitative estimate of drug-likeness (QED) is 0.617.